The average molecular weight is 400 g/mol. The molecule has 0 spiro atoms. The zero-order valence-corrected chi connectivity index (χ0v) is 14.2. The van der Waals surface area contributed by atoms with Crippen molar-refractivity contribution in [2.75, 3.05) is 18.8 Å². The van der Waals surface area contributed by atoms with Gasteiger partial charge < -0.3 is 13.7 Å². The van der Waals surface area contributed by atoms with Crippen LogP contribution >= 0.6 is 0 Å². The maximum atomic E-state index is 9.08. The van der Waals surface area contributed by atoms with Crippen LogP contribution in [0.25, 0.3) is 0 Å². The molecule has 0 aliphatic carbocycles. The molecule has 0 N–H and O–H groups in total. The molecule has 13 heteroatoms. The number of hydrogen-bond acceptors (Lipinski definition) is 9. The van der Waals surface area contributed by atoms with Crippen molar-refractivity contribution in [1.29, 1.82) is 0 Å². The van der Waals surface area contributed by atoms with Crippen LogP contribution in [-0.2, 0) is 30.4 Å². The van der Waals surface area contributed by atoms with Crippen LogP contribution in [0, 0.1) is 0 Å². The first-order valence-corrected chi connectivity index (χ1v) is 8.17. The largest absolute Gasteiger partial charge is 3.00 e. The van der Waals surface area contributed by atoms with Crippen LogP contribution in [0.3, 0.4) is 0 Å². The first kappa shape index (κ1) is 25.4. The summed E-state index contributed by atoms with van der Waals surface area (Å²) in [5.41, 5.74) is 0. The first-order chi connectivity index (χ1) is 6.00. The normalized spacial score (nSPS) is 10.9. The van der Waals surface area contributed by atoms with E-state index in [1.807, 2.05) is 0 Å². The minimum atomic E-state index is -3.92. The third-order valence-electron chi connectivity index (χ3n) is 0. The number of rotatable bonds is 0. The van der Waals surface area contributed by atoms with Crippen LogP contribution in [0.1, 0.15) is 0 Å². The van der Waals surface area contributed by atoms with Crippen LogP contribution < -0.4 is 0 Å². The second kappa shape index (κ2) is 9.61. The van der Waals surface area contributed by atoms with Gasteiger partial charge in [0, 0.05) is 18.8 Å². The smallest absolute Gasteiger partial charge is 0.748 e. The van der Waals surface area contributed by atoms with Crippen molar-refractivity contribution in [2.24, 2.45) is 0 Å². The third kappa shape index (κ3) is 7500. The van der Waals surface area contributed by atoms with E-state index >= 15 is 0 Å². The predicted molar refractivity (Wildman–Crippen MR) is 52.6 cm³/mol. The van der Waals surface area contributed by atoms with Gasteiger partial charge in [-0.2, -0.15) is 0 Å². The van der Waals surface area contributed by atoms with Crippen LogP contribution in [0.5, 0.6) is 0 Å². The molecular formula is C3H9InO9S3. The van der Waals surface area contributed by atoms with E-state index in [1.165, 1.54) is 0 Å². The molecule has 0 unspecified atom stereocenters. The molecule has 0 aliphatic rings. The summed E-state index contributed by atoms with van der Waals surface area (Å²) in [6.45, 7) is 0. The molecule has 0 atom stereocenters. The van der Waals surface area contributed by atoms with Gasteiger partial charge in [-0.05, 0) is 0 Å². The van der Waals surface area contributed by atoms with Gasteiger partial charge in [0.05, 0.1) is 30.4 Å². The summed E-state index contributed by atoms with van der Waals surface area (Å²) in [7, 11) is -11.8. The van der Waals surface area contributed by atoms with E-state index < -0.39 is 30.4 Å². The maximum absolute atomic E-state index is 9.08. The van der Waals surface area contributed by atoms with Crippen molar-refractivity contribution < 1.29 is 38.9 Å². The van der Waals surface area contributed by atoms with Gasteiger partial charge in [-0.15, -0.1) is 0 Å². The van der Waals surface area contributed by atoms with Crippen LogP contribution in [-0.4, -0.2) is 83.5 Å². The van der Waals surface area contributed by atoms with Crippen molar-refractivity contribution in [3.05, 3.63) is 0 Å². The Kier molecular flexibility index (Phi) is 15.3. The van der Waals surface area contributed by atoms with Gasteiger partial charge in [0.1, 0.15) is 0 Å². The van der Waals surface area contributed by atoms with Gasteiger partial charge in [-0.25, -0.2) is 25.3 Å². The van der Waals surface area contributed by atoms with Crippen molar-refractivity contribution >= 4 is 56.2 Å². The Labute approximate surface area is 113 Å². The molecule has 0 aliphatic heterocycles. The summed E-state index contributed by atoms with van der Waals surface area (Å²) in [6, 6.07) is 0. The van der Waals surface area contributed by atoms with Crippen molar-refractivity contribution in [2.45, 2.75) is 0 Å². The SMILES string of the molecule is CS(=O)(=O)[O-].CS(=O)(=O)[O-].CS(=O)(=O)[O-].[In+3]. The van der Waals surface area contributed by atoms with Crippen molar-refractivity contribution in [1.82, 2.24) is 0 Å². The molecule has 0 heterocycles. The van der Waals surface area contributed by atoms with E-state index in [-0.39, 0.29) is 25.8 Å². The van der Waals surface area contributed by atoms with Gasteiger partial charge in [0.15, 0.2) is 0 Å². The molecule has 0 amide bonds. The van der Waals surface area contributed by atoms with Gasteiger partial charge in [-0.1, -0.05) is 0 Å². The summed E-state index contributed by atoms with van der Waals surface area (Å²) < 4.78 is 81.7. The Morgan fingerprint density at radius 3 is 0.562 bits per heavy atom. The molecule has 9 nitrogen and oxygen atoms in total. The quantitative estimate of drug-likeness (QED) is 0.387. The Morgan fingerprint density at radius 1 is 0.562 bits per heavy atom. The summed E-state index contributed by atoms with van der Waals surface area (Å²) in [6.07, 6.45) is 1.81. The Hall–Kier alpha value is 0.600. The molecule has 96 valence electrons. The minimum Gasteiger partial charge on any atom is -0.748 e. The van der Waals surface area contributed by atoms with Gasteiger partial charge >= 0.3 is 25.8 Å². The van der Waals surface area contributed by atoms with Crippen molar-refractivity contribution in [3.8, 4) is 0 Å². The van der Waals surface area contributed by atoms with E-state index in [9.17, 15) is 0 Å². The third-order valence-corrected chi connectivity index (χ3v) is 0. The fraction of sp³-hybridized carbons (Fsp3) is 1.00. The zero-order chi connectivity index (χ0) is 13.5. The average Bonchev–Trinajstić information content (AvgIpc) is 1.41. The Bertz CT molecular complexity index is 347. The van der Waals surface area contributed by atoms with E-state index in [4.69, 9.17) is 38.9 Å². The second-order valence-electron chi connectivity index (χ2n) is 2.11. The molecule has 0 saturated heterocycles. The molecule has 0 saturated carbocycles. The minimum absolute atomic E-state index is 0. The predicted octanol–water partition coefficient (Wildman–Crippen LogP) is -2.90. The van der Waals surface area contributed by atoms with E-state index in [0.29, 0.717) is 18.8 Å². The molecule has 0 radical (unpaired) electrons. The second-order valence-corrected chi connectivity index (χ2v) is 6.34. The zero-order valence-electron chi connectivity index (χ0n) is 8.48. The Balaban J connectivity index is -0.0000000655. The molecule has 0 fully saturated rings. The van der Waals surface area contributed by atoms with E-state index in [2.05, 4.69) is 0 Å². The summed E-state index contributed by atoms with van der Waals surface area (Å²) in [5.74, 6) is 0. The molecule has 0 aromatic carbocycles. The summed E-state index contributed by atoms with van der Waals surface area (Å²) in [4.78, 5) is 0. The monoisotopic (exact) mass is 400 g/mol. The fourth-order valence-electron chi connectivity index (χ4n) is 0. The molecule has 0 aromatic heterocycles. The maximum Gasteiger partial charge on any atom is 3.00 e. The fourth-order valence-corrected chi connectivity index (χ4v) is 0. The molecule has 0 bridgehead atoms. The molecule has 0 rings (SSSR count). The van der Waals surface area contributed by atoms with E-state index in [0.717, 1.165) is 0 Å². The van der Waals surface area contributed by atoms with Gasteiger partial charge in [0.25, 0.3) is 0 Å². The van der Waals surface area contributed by atoms with Gasteiger partial charge in [0.2, 0.25) is 0 Å². The molecule has 0 aromatic rings. The summed E-state index contributed by atoms with van der Waals surface area (Å²) in [5, 5.41) is 0. The topological polar surface area (TPSA) is 172 Å². The van der Waals surface area contributed by atoms with Crippen LogP contribution in [0.4, 0.5) is 0 Å². The Morgan fingerprint density at radius 2 is 0.562 bits per heavy atom. The van der Waals surface area contributed by atoms with E-state index in [1.54, 1.807) is 0 Å². The first-order valence-electron chi connectivity index (χ1n) is 2.72. The van der Waals surface area contributed by atoms with Crippen molar-refractivity contribution in [3.63, 3.8) is 0 Å². The van der Waals surface area contributed by atoms with Crippen LogP contribution in [0.15, 0.2) is 0 Å². The molecule has 16 heavy (non-hydrogen) atoms. The molecular weight excluding hydrogens is 391 g/mol. The van der Waals surface area contributed by atoms with Gasteiger partial charge in [-0.3, -0.25) is 0 Å². The standard InChI is InChI=1S/3CH4O3S.In/c3*1-5(2,3)4;/h3*1H3,(H,2,3,4);/q;;;+3/p-3. The van der Waals surface area contributed by atoms with Crippen LogP contribution in [0.2, 0.25) is 0 Å². The summed E-state index contributed by atoms with van der Waals surface area (Å²) >= 11 is 0. The number of hydrogen-bond donors (Lipinski definition) is 0.